The molecular weight excluding hydrogens is 273 g/mol. The van der Waals surface area contributed by atoms with Crippen LogP contribution in [0.25, 0.3) is 0 Å². The molecule has 0 radical (unpaired) electrons. The fourth-order valence-corrected chi connectivity index (χ4v) is 2.43. The first kappa shape index (κ1) is 15.7. The van der Waals surface area contributed by atoms with E-state index in [2.05, 4.69) is 10.2 Å². The van der Waals surface area contributed by atoms with Crippen molar-refractivity contribution < 1.29 is 14.3 Å². The van der Waals surface area contributed by atoms with Gasteiger partial charge in [-0.1, -0.05) is 12.1 Å². The fourth-order valence-electron chi connectivity index (χ4n) is 2.43. The maximum Gasteiger partial charge on any atom is 0.317 e. The largest absolute Gasteiger partial charge is 0.395 e. The molecule has 0 aromatic heterocycles. The quantitative estimate of drug-likeness (QED) is 0.840. The molecule has 2 amide bonds. The van der Waals surface area contributed by atoms with E-state index in [4.69, 9.17) is 5.11 Å². The molecule has 1 aromatic rings. The molecule has 116 valence electrons. The summed E-state index contributed by atoms with van der Waals surface area (Å²) in [7, 11) is 0. The Morgan fingerprint density at radius 2 is 2.05 bits per heavy atom. The Morgan fingerprint density at radius 3 is 2.71 bits per heavy atom. The second kappa shape index (κ2) is 7.95. The van der Waals surface area contributed by atoms with Crippen molar-refractivity contribution in [2.24, 2.45) is 0 Å². The molecule has 5 nitrogen and oxygen atoms in total. The van der Waals surface area contributed by atoms with Gasteiger partial charge in [0, 0.05) is 39.3 Å². The minimum atomic E-state index is -0.251. The molecule has 0 aliphatic carbocycles. The minimum absolute atomic E-state index is 0.0740. The zero-order chi connectivity index (χ0) is 15.1. The van der Waals surface area contributed by atoms with Gasteiger partial charge >= 0.3 is 6.03 Å². The summed E-state index contributed by atoms with van der Waals surface area (Å²) < 4.78 is 13.0. The summed E-state index contributed by atoms with van der Waals surface area (Å²) in [5.74, 6) is -0.251. The predicted octanol–water partition coefficient (Wildman–Crippen LogP) is 0.688. The van der Waals surface area contributed by atoms with Crippen LogP contribution in [0.1, 0.15) is 5.56 Å². The van der Waals surface area contributed by atoms with Gasteiger partial charge in [-0.15, -0.1) is 0 Å². The second-order valence-electron chi connectivity index (χ2n) is 5.16. The topological polar surface area (TPSA) is 55.8 Å². The van der Waals surface area contributed by atoms with Gasteiger partial charge in [-0.25, -0.2) is 9.18 Å². The number of amides is 2. The van der Waals surface area contributed by atoms with E-state index in [9.17, 15) is 9.18 Å². The van der Waals surface area contributed by atoms with Crippen molar-refractivity contribution in [1.82, 2.24) is 15.1 Å². The molecule has 2 rings (SSSR count). The van der Waals surface area contributed by atoms with E-state index in [-0.39, 0.29) is 18.5 Å². The van der Waals surface area contributed by atoms with Crippen LogP contribution >= 0.6 is 0 Å². The molecule has 0 saturated carbocycles. The van der Waals surface area contributed by atoms with Crippen LogP contribution in [0.2, 0.25) is 0 Å². The standard InChI is InChI=1S/C15H22FN3O2/c16-14-3-1-2-13(12-14)4-5-17-15(21)19-8-6-18(7-9-19)10-11-20/h1-3,12,20H,4-11H2,(H,17,21). The van der Waals surface area contributed by atoms with E-state index >= 15 is 0 Å². The van der Waals surface area contributed by atoms with Gasteiger partial charge < -0.3 is 15.3 Å². The molecule has 0 atom stereocenters. The van der Waals surface area contributed by atoms with Gasteiger partial charge in [-0.2, -0.15) is 0 Å². The average molecular weight is 295 g/mol. The van der Waals surface area contributed by atoms with Gasteiger partial charge in [-0.05, 0) is 24.1 Å². The van der Waals surface area contributed by atoms with Gasteiger partial charge in [0.25, 0.3) is 0 Å². The molecule has 0 bridgehead atoms. The van der Waals surface area contributed by atoms with E-state index in [0.29, 0.717) is 32.6 Å². The average Bonchev–Trinajstić information content (AvgIpc) is 2.48. The molecule has 0 spiro atoms. The third-order valence-corrected chi connectivity index (χ3v) is 3.65. The number of hydrogen-bond donors (Lipinski definition) is 2. The number of piperazine rings is 1. The normalized spacial score (nSPS) is 16.0. The van der Waals surface area contributed by atoms with E-state index in [0.717, 1.165) is 18.7 Å². The lowest BCUT2D eigenvalue weighted by Crippen LogP contribution is -2.52. The van der Waals surface area contributed by atoms with E-state index in [1.807, 2.05) is 6.07 Å². The molecule has 21 heavy (non-hydrogen) atoms. The number of β-amino-alcohol motifs (C(OH)–C–C–N with tert-alkyl or cyclic N) is 1. The number of benzene rings is 1. The fraction of sp³-hybridized carbons (Fsp3) is 0.533. The van der Waals surface area contributed by atoms with Gasteiger partial charge in [-0.3, -0.25) is 4.90 Å². The summed E-state index contributed by atoms with van der Waals surface area (Å²) in [6.07, 6.45) is 0.619. The number of halogens is 1. The summed E-state index contributed by atoms with van der Waals surface area (Å²) in [6.45, 7) is 4.24. The Bertz CT molecular complexity index is 462. The van der Waals surface area contributed by atoms with Crippen molar-refractivity contribution >= 4 is 6.03 Å². The van der Waals surface area contributed by atoms with Crippen LogP contribution < -0.4 is 5.32 Å². The van der Waals surface area contributed by atoms with Crippen LogP contribution in [-0.2, 0) is 6.42 Å². The molecule has 6 heteroatoms. The monoisotopic (exact) mass is 295 g/mol. The molecule has 1 heterocycles. The maximum atomic E-state index is 13.0. The first-order chi connectivity index (χ1) is 10.2. The Labute approximate surface area is 124 Å². The van der Waals surface area contributed by atoms with Gasteiger partial charge in [0.1, 0.15) is 5.82 Å². The lowest BCUT2D eigenvalue weighted by atomic mass is 10.1. The van der Waals surface area contributed by atoms with Crippen molar-refractivity contribution in [1.29, 1.82) is 0 Å². The zero-order valence-electron chi connectivity index (χ0n) is 12.1. The maximum absolute atomic E-state index is 13.0. The van der Waals surface area contributed by atoms with Gasteiger partial charge in [0.15, 0.2) is 0 Å². The van der Waals surface area contributed by atoms with Gasteiger partial charge in [0.05, 0.1) is 6.61 Å². The summed E-state index contributed by atoms with van der Waals surface area (Å²) in [5, 5.41) is 11.7. The molecule has 1 saturated heterocycles. The highest BCUT2D eigenvalue weighted by atomic mass is 19.1. The number of urea groups is 1. The van der Waals surface area contributed by atoms with Crippen LogP contribution in [-0.4, -0.2) is 66.8 Å². The predicted molar refractivity (Wildman–Crippen MR) is 78.6 cm³/mol. The highest BCUT2D eigenvalue weighted by Crippen LogP contribution is 2.04. The molecule has 2 N–H and O–H groups in total. The summed E-state index contributed by atoms with van der Waals surface area (Å²) in [5.41, 5.74) is 0.878. The molecule has 0 unspecified atom stereocenters. The van der Waals surface area contributed by atoms with E-state index in [1.54, 1.807) is 11.0 Å². The Kier molecular flexibility index (Phi) is 5.95. The first-order valence-corrected chi connectivity index (χ1v) is 7.29. The van der Waals surface area contributed by atoms with Crippen molar-refractivity contribution in [3.05, 3.63) is 35.6 Å². The number of aliphatic hydroxyl groups excluding tert-OH is 1. The number of nitrogens with one attached hydrogen (secondary N) is 1. The number of nitrogens with zero attached hydrogens (tertiary/aromatic N) is 2. The summed E-state index contributed by atoms with van der Waals surface area (Å²) in [4.78, 5) is 15.9. The number of aliphatic hydroxyl groups is 1. The van der Waals surface area contributed by atoms with E-state index in [1.165, 1.54) is 12.1 Å². The Morgan fingerprint density at radius 1 is 1.29 bits per heavy atom. The van der Waals surface area contributed by atoms with Crippen molar-refractivity contribution in [2.75, 3.05) is 45.9 Å². The number of carbonyl (C=O) groups excluding carboxylic acids is 1. The molecule has 1 fully saturated rings. The first-order valence-electron chi connectivity index (χ1n) is 7.29. The van der Waals surface area contributed by atoms with Crippen molar-refractivity contribution in [2.45, 2.75) is 6.42 Å². The van der Waals surface area contributed by atoms with Crippen LogP contribution in [0.3, 0.4) is 0 Å². The second-order valence-corrected chi connectivity index (χ2v) is 5.16. The molecule has 1 aliphatic heterocycles. The SMILES string of the molecule is O=C(NCCc1cccc(F)c1)N1CCN(CCO)CC1. The number of hydrogen-bond acceptors (Lipinski definition) is 3. The summed E-state index contributed by atoms with van der Waals surface area (Å²) >= 11 is 0. The summed E-state index contributed by atoms with van der Waals surface area (Å²) in [6, 6.07) is 6.35. The van der Waals surface area contributed by atoms with Crippen LogP contribution in [0.4, 0.5) is 9.18 Å². The van der Waals surface area contributed by atoms with Crippen LogP contribution in [0, 0.1) is 5.82 Å². The van der Waals surface area contributed by atoms with Crippen molar-refractivity contribution in [3.8, 4) is 0 Å². The number of rotatable bonds is 5. The van der Waals surface area contributed by atoms with E-state index < -0.39 is 0 Å². The molecule has 1 aliphatic rings. The lowest BCUT2D eigenvalue weighted by molar-refractivity contribution is 0.122. The van der Waals surface area contributed by atoms with Crippen LogP contribution in [0.5, 0.6) is 0 Å². The van der Waals surface area contributed by atoms with Crippen LogP contribution in [0.15, 0.2) is 24.3 Å². The minimum Gasteiger partial charge on any atom is -0.395 e. The lowest BCUT2D eigenvalue weighted by Gasteiger charge is -2.34. The third-order valence-electron chi connectivity index (χ3n) is 3.65. The smallest absolute Gasteiger partial charge is 0.317 e. The number of carbonyl (C=O) groups is 1. The molecule has 1 aromatic carbocycles. The highest BCUT2D eigenvalue weighted by molar-refractivity contribution is 5.74. The third kappa shape index (κ3) is 4.99. The highest BCUT2D eigenvalue weighted by Gasteiger charge is 2.20. The Hall–Kier alpha value is -1.66. The van der Waals surface area contributed by atoms with Gasteiger partial charge in [0.2, 0.25) is 0 Å². The molecular formula is C15H22FN3O2. The Balaban J connectivity index is 1.68. The zero-order valence-corrected chi connectivity index (χ0v) is 12.1. The van der Waals surface area contributed by atoms with Crippen molar-refractivity contribution in [3.63, 3.8) is 0 Å².